The SMILES string of the molecule is C=C/C=C\C.CC.O=C1C2=C(CCC=C2)C(=O)N1CC1CN(c2ccc(N3CCOCC3=O)cc2)C(=O)O1. The molecule has 38 heavy (non-hydrogen) atoms. The molecule has 2 saturated heterocycles. The van der Waals surface area contributed by atoms with Crippen LogP contribution in [0.15, 0.2) is 72.4 Å². The molecule has 4 aliphatic rings. The van der Waals surface area contributed by atoms with Crippen LogP contribution in [-0.4, -0.2) is 67.7 Å². The summed E-state index contributed by atoms with van der Waals surface area (Å²) in [5.74, 6) is -0.728. The van der Waals surface area contributed by atoms with E-state index in [9.17, 15) is 19.2 Å². The Kier molecular flexibility index (Phi) is 10.2. The van der Waals surface area contributed by atoms with E-state index < -0.39 is 12.2 Å². The topological polar surface area (TPSA) is 96.5 Å². The van der Waals surface area contributed by atoms with Crippen LogP contribution in [0.3, 0.4) is 0 Å². The van der Waals surface area contributed by atoms with Crippen LogP contribution in [0.1, 0.15) is 33.6 Å². The second kappa shape index (κ2) is 13.5. The number of imide groups is 1. The van der Waals surface area contributed by atoms with Crippen LogP contribution >= 0.6 is 0 Å². The molecule has 4 amide bonds. The van der Waals surface area contributed by atoms with Crippen molar-refractivity contribution < 1.29 is 28.7 Å². The second-order valence-corrected chi connectivity index (χ2v) is 8.55. The van der Waals surface area contributed by atoms with Gasteiger partial charge in [0.25, 0.3) is 17.7 Å². The van der Waals surface area contributed by atoms with Crippen LogP contribution in [0, 0.1) is 0 Å². The van der Waals surface area contributed by atoms with Crippen molar-refractivity contribution in [2.45, 2.75) is 39.7 Å². The molecule has 1 aromatic carbocycles. The first kappa shape index (κ1) is 28.6. The summed E-state index contributed by atoms with van der Waals surface area (Å²) in [5, 5.41) is 0. The molecule has 0 saturated carbocycles. The number of cyclic esters (lactones) is 1. The third-order valence-corrected chi connectivity index (χ3v) is 6.20. The van der Waals surface area contributed by atoms with Crippen LogP contribution < -0.4 is 9.80 Å². The number of rotatable bonds is 5. The summed E-state index contributed by atoms with van der Waals surface area (Å²) in [4.78, 5) is 53.9. The first-order valence-electron chi connectivity index (χ1n) is 12.9. The number of anilines is 2. The summed E-state index contributed by atoms with van der Waals surface area (Å²) in [6.45, 7) is 10.7. The third kappa shape index (κ3) is 6.28. The zero-order valence-corrected chi connectivity index (χ0v) is 22.2. The van der Waals surface area contributed by atoms with Gasteiger partial charge in [0, 0.05) is 29.1 Å². The Morgan fingerprint density at radius 1 is 1.03 bits per heavy atom. The fraction of sp³-hybridized carbons (Fsp3) is 0.379. The molecule has 3 heterocycles. The normalized spacial score (nSPS) is 20.7. The average molecular weight is 522 g/mol. The molecule has 9 heteroatoms. The van der Waals surface area contributed by atoms with Gasteiger partial charge in [-0.25, -0.2) is 4.79 Å². The Morgan fingerprint density at radius 3 is 2.29 bits per heavy atom. The number of hydrogen-bond donors (Lipinski definition) is 0. The number of benzene rings is 1. The number of amides is 4. The molecule has 0 aromatic heterocycles. The zero-order valence-electron chi connectivity index (χ0n) is 22.2. The van der Waals surface area contributed by atoms with E-state index in [1.54, 1.807) is 41.3 Å². The molecule has 0 bridgehead atoms. The predicted molar refractivity (Wildman–Crippen MR) is 146 cm³/mol. The minimum absolute atomic E-state index is 0.0289. The molecular weight excluding hydrogens is 486 g/mol. The summed E-state index contributed by atoms with van der Waals surface area (Å²) in [7, 11) is 0. The number of nitrogens with zero attached hydrogens (tertiary/aromatic N) is 3. The molecule has 9 nitrogen and oxygen atoms in total. The highest BCUT2D eigenvalue weighted by Crippen LogP contribution is 2.31. The number of carbonyl (C=O) groups is 4. The lowest BCUT2D eigenvalue weighted by molar-refractivity contribution is -0.138. The first-order valence-corrected chi connectivity index (χ1v) is 12.9. The van der Waals surface area contributed by atoms with Gasteiger partial charge in [-0.3, -0.25) is 24.2 Å². The molecule has 1 unspecified atom stereocenters. The number of morpholine rings is 1. The Hall–Kier alpha value is -3.98. The smallest absolute Gasteiger partial charge is 0.414 e. The van der Waals surface area contributed by atoms with E-state index in [1.807, 2.05) is 39.0 Å². The predicted octanol–water partition coefficient (Wildman–Crippen LogP) is 4.17. The quantitative estimate of drug-likeness (QED) is 0.426. The van der Waals surface area contributed by atoms with E-state index >= 15 is 0 Å². The van der Waals surface area contributed by atoms with Gasteiger partial charge < -0.3 is 14.4 Å². The molecule has 1 atom stereocenters. The van der Waals surface area contributed by atoms with Crippen molar-refractivity contribution in [2.24, 2.45) is 0 Å². The maximum absolute atomic E-state index is 12.6. The molecule has 1 aromatic rings. The number of carbonyl (C=O) groups excluding carboxylic acids is 4. The molecule has 202 valence electrons. The molecule has 0 radical (unpaired) electrons. The van der Waals surface area contributed by atoms with Gasteiger partial charge in [0.1, 0.15) is 12.7 Å². The number of allylic oxidation sites excluding steroid dienone is 4. The van der Waals surface area contributed by atoms with Crippen LogP contribution in [0.4, 0.5) is 16.2 Å². The molecule has 0 spiro atoms. The van der Waals surface area contributed by atoms with Gasteiger partial charge >= 0.3 is 6.09 Å². The molecule has 0 N–H and O–H groups in total. The van der Waals surface area contributed by atoms with Crippen LogP contribution in [0.25, 0.3) is 0 Å². The van der Waals surface area contributed by atoms with Gasteiger partial charge in [-0.15, -0.1) is 0 Å². The third-order valence-electron chi connectivity index (χ3n) is 6.20. The van der Waals surface area contributed by atoms with Gasteiger partial charge in [-0.1, -0.05) is 50.8 Å². The van der Waals surface area contributed by atoms with Crippen LogP contribution in [0.5, 0.6) is 0 Å². The van der Waals surface area contributed by atoms with Crippen molar-refractivity contribution in [1.82, 2.24) is 4.90 Å². The maximum Gasteiger partial charge on any atom is 0.414 e. The largest absolute Gasteiger partial charge is 0.442 e. The molecule has 2 fully saturated rings. The average Bonchev–Trinajstić information content (AvgIpc) is 3.43. The van der Waals surface area contributed by atoms with Crippen molar-refractivity contribution in [3.8, 4) is 0 Å². The Labute approximate surface area is 223 Å². The molecule has 3 aliphatic heterocycles. The van der Waals surface area contributed by atoms with E-state index in [1.165, 1.54) is 9.80 Å². The van der Waals surface area contributed by atoms with E-state index in [2.05, 4.69) is 6.58 Å². The van der Waals surface area contributed by atoms with E-state index in [0.29, 0.717) is 36.4 Å². The molecular formula is C29H35N3O6. The lowest BCUT2D eigenvalue weighted by Gasteiger charge is -2.27. The monoisotopic (exact) mass is 521 g/mol. The summed E-state index contributed by atoms with van der Waals surface area (Å²) >= 11 is 0. The Bertz CT molecular complexity index is 1150. The van der Waals surface area contributed by atoms with E-state index in [-0.39, 0.29) is 37.4 Å². The van der Waals surface area contributed by atoms with Crippen molar-refractivity contribution in [3.63, 3.8) is 0 Å². The van der Waals surface area contributed by atoms with Crippen LogP contribution in [-0.2, 0) is 23.9 Å². The van der Waals surface area contributed by atoms with Crippen molar-refractivity contribution in [1.29, 1.82) is 0 Å². The van der Waals surface area contributed by atoms with Gasteiger partial charge in [-0.2, -0.15) is 0 Å². The Balaban J connectivity index is 0.000000515. The fourth-order valence-electron chi connectivity index (χ4n) is 4.42. The standard InChI is InChI=1S/C22H21N3O6.C5H8.C2H6/c26-19-13-30-10-9-23(19)14-5-7-15(8-6-14)24-11-16(31-22(24)29)12-25-20(27)17-3-1-2-4-18(17)21(25)28;1-3-5-4-2;1-2/h1,3,5-8,16H,2,4,9-13H2;3-5H,1H2,2H3;1-2H3/b;5-4-;. The summed E-state index contributed by atoms with van der Waals surface area (Å²) in [5.41, 5.74) is 2.35. The first-order chi connectivity index (χ1) is 18.4. The highest BCUT2D eigenvalue weighted by molar-refractivity contribution is 6.21. The number of hydrogen-bond acceptors (Lipinski definition) is 6. The minimum atomic E-state index is -0.605. The number of ether oxygens (including phenoxy) is 2. The summed E-state index contributed by atoms with van der Waals surface area (Å²) in [6, 6.07) is 7.05. The molecule has 1 aliphatic carbocycles. The second-order valence-electron chi connectivity index (χ2n) is 8.55. The minimum Gasteiger partial charge on any atom is -0.442 e. The summed E-state index contributed by atoms with van der Waals surface area (Å²) < 4.78 is 10.6. The summed E-state index contributed by atoms with van der Waals surface area (Å²) in [6.07, 6.45) is 9.33. The van der Waals surface area contributed by atoms with Crippen molar-refractivity contribution >= 4 is 35.2 Å². The Morgan fingerprint density at radius 2 is 1.71 bits per heavy atom. The van der Waals surface area contributed by atoms with Gasteiger partial charge in [0.05, 0.1) is 19.7 Å². The molecule has 5 rings (SSSR count). The maximum atomic E-state index is 12.6. The van der Waals surface area contributed by atoms with Gasteiger partial charge in [0.2, 0.25) is 0 Å². The van der Waals surface area contributed by atoms with Gasteiger partial charge in [-0.05, 0) is 44.0 Å². The van der Waals surface area contributed by atoms with Crippen molar-refractivity contribution in [3.05, 3.63) is 72.4 Å². The van der Waals surface area contributed by atoms with Gasteiger partial charge in [0.15, 0.2) is 0 Å². The van der Waals surface area contributed by atoms with Crippen molar-refractivity contribution in [2.75, 3.05) is 42.6 Å². The highest BCUT2D eigenvalue weighted by atomic mass is 16.6. The zero-order chi connectivity index (χ0) is 27.7. The lowest BCUT2D eigenvalue weighted by atomic mass is 10.00. The lowest BCUT2D eigenvalue weighted by Crippen LogP contribution is -2.41. The highest BCUT2D eigenvalue weighted by Gasteiger charge is 2.41. The fourth-order valence-corrected chi connectivity index (χ4v) is 4.42. The van der Waals surface area contributed by atoms with E-state index in [0.717, 1.165) is 12.1 Å². The van der Waals surface area contributed by atoms with E-state index in [4.69, 9.17) is 9.47 Å². The van der Waals surface area contributed by atoms with Crippen LogP contribution in [0.2, 0.25) is 0 Å².